The van der Waals surface area contributed by atoms with Crippen molar-refractivity contribution in [2.24, 2.45) is 0 Å². The van der Waals surface area contributed by atoms with Crippen LogP contribution in [0.3, 0.4) is 0 Å². The summed E-state index contributed by atoms with van der Waals surface area (Å²) in [5, 5.41) is 4.03. The predicted octanol–water partition coefficient (Wildman–Crippen LogP) is 2.78. The van der Waals surface area contributed by atoms with Crippen LogP contribution in [0.1, 0.15) is 24.3 Å². The Morgan fingerprint density at radius 2 is 2.05 bits per heavy atom. The average Bonchev–Trinajstić information content (AvgIpc) is 2.79. The van der Waals surface area contributed by atoms with Gasteiger partial charge in [0.15, 0.2) is 0 Å². The topological polar surface area (TPSA) is 63.3 Å². The number of anilines is 1. The number of hydrogen-bond donors (Lipinski definition) is 2. The minimum Gasteiger partial charge on any atom is -0.491 e. The van der Waals surface area contributed by atoms with Crippen molar-refractivity contribution in [1.29, 1.82) is 0 Å². The van der Waals surface area contributed by atoms with Gasteiger partial charge in [-0.15, -0.1) is 0 Å². The van der Waals surface area contributed by atoms with Crippen LogP contribution < -0.4 is 10.1 Å². The molecule has 5 heteroatoms. The van der Waals surface area contributed by atoms with Gasteiger partial charge in [-0.25, -0.2) is 4.79 Å². The Kier molecular flexibility index (Phi) is 3.64. The summed E-state index contributed by atoms with van der Waals surface area (Å²) >= 11 is 0. The molecule has 1 heterocycles. The van der Waals surface area contributed by atoms with Crippen molar-refractivity contribution in [3.8, 4) is 5.75 Å². The summed E-state index contributed by atoms with van der Waals surface area (Å²) in [5.41, 5.74) is 2.16. The normalized spacial score (nSPS) is 10.8. The first-order valence-corrected chi connectivity index (χ1v) is 6.14. The van der Waals surface area contributed by atoms with Crippen LogP contribution in [-0.2, 0) is 4.74 Å². The highest BCUT2D eigenvalue weighted by molar-refractivity contribution is 6.00. The number of aromatic nitrogens is 1. The first-order chi connectivity index (χ1) is 9.05. The van der Waals surface area contributed by atoms with Gasteiger partial charge in [-0.2, -0.15) is 0 Å². The number of aromatic amines is 1. The van der Waals surface area contributed by atoms with E-state index in [2.05, 4.69) is 10.3 Å². The Labute approximate surface area is 111 Å². The highest BCUT2D eigenvalue weighted by atomic mass is 16.5. The van der Waals surface area contributed by atoms with E-state index in [0.29, 0.717) is 5.69 Å². The smallest absolute Gasteiger partial charge is 0.354 e. The molecule has 1 aromatic carbocycles. The number of rotatable bonds is 4. The van der Waals surface area contributed by atoms with Crippen LogP contribution in [0, 0.1) is 0 Å². The summed E-state index contributed by atoms with van der Waals surface area (Å²) in [4.78, 5) is 14.6. The average molecular weight is 262 g/mol. The lowest BCUT2D eigenvalue weighted by Gasteiger charge is -2.11. The molecule has 0 fully saturated rings. The number of ether oxygens (including phenoxy) is 2. The predicted molar refractivity (Wildman–Crippen MR) is 74.9 cm³/mol. The molecule has 2 rings (SSSR count). The van der Waals surface area contributed by atoms with E-state index in [4.69, 9.17) is 9.47 Å². The molecule has 0 aliphatic heterocycles. The summed E-state index contributed by atoms with van der Waals surface area (Å²) in [7, 11) is 3.19. The maximum atomic E-state index is 11.5. The third kappa shape index (κ3) is 2.65. The van der Waals surface area contributed by atoms with Gasteiger partial charge in [0, 0.05) is 30.3 Å². The maximum Gasteiger partial charge on any atom is 0.354 e. The second kappa shape index (κ2) is 5.22. The fourth-order valence-corrected chi connectivity index (χ4v) is 1.98. The minimum atomic E-state index is -0.385. The molecule has 2 aromatic rings. The molecular weight excluding hydrogens is 244 g/mol. The molecule has 0 spiro atoms. The van der Waals surface area contributed by atoms with E-state index in [1.807, 2.05) is 33.0 Å². The number of nitrogens with one attached hydrogen (secondary N) is 2. The lowest BCUT2D eigenvalue weighted by molar-refractivity contribution is 0.0595. The van der Waals surface area contributed by atoms with E-state index in [0.717, 1.165) is 22.3 Å². The van der Waals surface area contributed by atoms with Gasteiger partial charge in [-0.1, -0.05) is 0 Å². The van der Waals surface area contributed by atoms with Gasteiger partial charge in [0.05, 0.1) is 18.7 Å². The molecule has 0 aliphatic carbocycles. The van der Waals surface area contributed by atoms with Gasteiger partial charge in [0.2, 0.25) is 0 Å². The third-order valence-electron chi connectivity index (χ3n) is 2.76. The van der Waals surface area contributed by atoms with Crippen LogP contribution in [0.2, 0.25) is 0 Å². The summed E-state index contributed by atoms with van der Waals surface area (Å²) in [5.74, 6) is 0.370. The van der Waals surface area contributed by atoms with Gasteiger partial charge in [-0.05, 0) is 19.9 Å². The molecule has 5 nitrogen and oxygen atoms in total. The molecular formula is C14H18N2O3. The number of methoxy groups -OCH3 is 1. The first-order valence-electron chi connectivity index (χ1n) is 6.14. The quantitative estimate of drug-likeness (QED) is 0.832. The monoisotopic (exact) mass is 262 g/mol. The standard InChI is InChI=1S/C14H18N2O3/c1-8(2)19-9-5-11(15-3)10-7-13(14(17)18-4)16-12(10)6-9/h5-8,15-16H,1-4H3. The Morgan fingerprint density at radius 3 is 2.63 bits per heavy atom. The van der Waals surface area contributed by atoms with Gasteiger partial charge in [0.1, 0.15) is 11.4 Å². The SMILES string of the molecule is CNc1cc(OC(C)C)cc2[nH]c(C(=O)OC)cc12. The first kappa shape index (κ1) is 13.3. The lowest BCUT2D eigenvalue weighted by atomic mass is 10.2. The summed E-state index contributed by atoms with van der Waals surface area (Å²) in [6, 6.07) is 5.56. The van der Waals surface area contributed by atoms with Crippen LogP contribution >= 0.6 is 0 Å². The van der Waals surface area contributed by atoms with E-state index in [9.17, 15) is 4.79 Å². The van der Waals surface area contributed by atoms with Crippen LogP contribution in [0.25, 0.3) is 10.9 Å². The molecule has 0 saturated carbocycles. The molecule has 0 aliphatic rings. The zero-order valence-corrected chi connectivity index (χ0v) is 11.5. The number of carbonyl (C=O) groups is 1. The van der Waals surface area contributed by atoms with Gasteiger partial charge >= 0.3 is 5.97 Å². The van der Waals surface area contributed by atoms with Crippen LogP contribution in [-0.4, -0.2) is 31.2 Å². The van der Waals surface area contributed by atoms with E-state index < -0.39 is 0 Å². The van der Waals surface area contributed by atoms with Crippen LogP contribution in [0.5, 0.6) is 5.75 Å². The molecule has 102 valence electrons. The number of hydrogen-bond acceptors (Lipinski definition) is 4. The molecule has 0 unspecified atom stereocenters. The maximum absolute atomic E-state index is 11.5. The van der Waals surface area contributed by atoms with Crippen LogP contribution in [0.4, 0.5) is 5.69 Å². The molecule has 19 heavy (non-hydrogen) atoms. The number of carbonyl (C=O) groups excluding carboxylic acids is 1. The Morgan fingerprint density at radius 1 is 1.32 bits per heavy atom. The van der Waals surface area contributed by atoms with E-state index in [1.54, 1.807) is 6.07 Å². The summed E-state index contributed by atoms with van der Waals surface area (Å²) < 4.78 is 10.4. The molecule has 0 amide bonds. The zero-order chi connectivity index (χ0) is 14.0. The van der Waals surface area contributed by atoms with Crippen molar-refractivity contribution in [3.05, 3.63) is 23.9 Å². The van der Waals surface area contributed by atoms with Crippen molar-refractivity contribution >= 4 is 22.6 Å². The Bertz CT molecular complexity index is 602. The molecule has 0 bridgehead atoms. The Hall–Kier alpha value is -2.17. The van der Waals surface area contributed by atoms with Crippen molar-refractivity contribution in [3.63, 3.8) is 0 Å². The van der Waals surface area contributed by atoms with Gasteiger partial charge in [0.25, 0.3) is 0 Å². The van der Waals surface area contributed by atoms with E-state index >= 15 is 0 Å². The number of esters is 1. The van der Waals surface area contributed by atoms with Crippen LogP contribution in [0.15, 0.2) is 18.2 Å². The molecule has 0 saturated heterocycles. The van der Waals surface area contributed by atoms with E-state index in [-0.39, 0.29) is 12.1 Å². The van der Waals surface area contributed by atoms with Crippen molar-refractivity contribution in [1.82, 2.24) is 4.98 Å². The molecule has 1 aromatic heterocycles. The molecule has 0 atom stereocenters. The second-order valence-electron chi connectivity index (χ2n) is 4.52. The Balaban J connectivity index is 2.53. The van der Waals surface area contributed by atoms with Gasteiger partial charge < -0.3 is 19.8 Å². The number of H-pyrrole nitrogens is 1. The fraction of sp³-hybridized carbons (Fsp3) is 0.357. The highest BCUT2D eigenvalue weighted by Gasteiger charge is 2.13. The van der Waals surface area contributed by atoms with Crippen molar-refractivity contribution in [2.45, 2.75) is 20.0 Å². The molecule has 0 radical (unpaired) electrons. The zero-order valence-electron chi connectivity index (χ0n) is 11.5. The number of fused-ring (bicyclic) bond motifs is 1. The molecule has 2 N–H and O–H groups in total. The summed E-state index contributed by atoms with van der Waals surface area (Å²) in [6.07, 6.45) is 0.0946. The van der Waals surface area contributed by atoms with Crippen molar-refractivity contribution < 1.29 is 14.3 Å². The summed E-state index contributed by atoms with van der Waals surface area (Å²) in [6.45, 7) is 3.94. The lowest BCUT2D eigenvalue weighted by Crippen LogP contribution is -2.05. The van der Waals surface area contributed by atoms with Crippen molar-refractivity contribution in [2.75, 3.05) is 19.5 Å². The van der Waals surface area contributed by atoms with Gasteiger partial charge in [-0.3, -0.25) is 0 Å². The number of benzene rings is 1. The van der Waals surface area contributed by atoms with E-state index in [1.165, 1.54) is 7.11 Å². The largest absolute Gasteiger partial charge is 0.491 e. The second-order valence-corrected chi connectivity index (χ2v) is 4.52. The third-order valence-corrected chi connectivity index (χ3v) is 2.76. The minimum absolute atomic E-state index is 0.0946. The highest BCUT2D eigenvalue weighted by Crippen LogP contribution is 2.30. The fourth-order valence-electron chi connectivity index (χ4n) is 1.98.